The standard InChI is InChI=1S/C22H23N7O2/c1-14-10-24-22(27-18-11-25-29(12-18)19-7-8-19)28-20(14)15-3-5-16(6-4-15)21(30)26-17(9-23)13-31-2/h3-6,10-12,17,19H,7-8,13H2,1-2H3,(H,26,30)(H,24,27,28). The van der Waals surface area contributed by atoms with Crippen LogP contribution in [0.4, 0.5) is 11.6 Å². The van der Waals surface area contributed by atoms with Gasteiger partial charge in [-0.25, -0.2) is 9.97 Å². The summed E-state index contributed by atoms with van der Waals surface area (Å²) in [4.78, 5) is 21.4. The van der Waals surface area contributed by atoms with E-state index >= 15 is 0 Å². The van der Waals surface area contributed by atoms with Crippen molar-refractivity contribution in [2.75, 3.05) is 19.0 Å². The van der Waals surface area contributed by atoms with Gasteiger partial charge in [0.15, 0.2) is 0 Å². The molecule has 1 amide bonds. The summed E-state index contributed by atoms with van der Waals surface area (Å²) in [5.41, 5.74) is 3.85. The smallest absolute Gasteiger partial charge is 0.252 e. The fourth-order valence-corrected chi connectivity index (χ4v) is 3.16. The molecule has 2 aromatic heterocycles. The lowest BCUT2D eigenvalue weighted by Crippen LogP contribution is -2.36. The Morgan fingerprint density at radius 3 is 2.77 bits per heavy atom. The largest absolute Gasteiger partial charge is 0.381 e. The first-order chi connectivity index (χ1) is 15.1. The predicted octanol–water partition coefficient (Wildman–Crippen LogP) is 3.00. The van der Waals surface area contributed by atoms with E-state index in [1.165, 1.54) is 20.0 Å². The average molecular weight is 417 g/mol. The van der Waals surface area contributed by atoms with Crippen LogP contribution in [0.15, 0.2) is 42.9 Å². The Balaban J connectivity index is 1.48. The second kappa shape index (κ2) is 8.93. The number of carbonyl (C=O) groups is 1. The molecule has 0 bridgehead atoms. The van der Waals surface area contributed by atoms with Gasteiger partial charge in [0, 0.05) is 30.6 Å². The van der Waals surface area contributed by atoms with E-state index in [0.29, 0.717) is 17.6 Å². The van der Waals surface area contributed by atoms with Crippen LogP contribution in [-0.4, -0.2) is 45.4 Å². The van der Waals surface area contributed by atoms with Crippen LogP contribution in [0.1, 0.15) is 34.8 Å². The molecule has 1 aliphatic rings. The van der Waals surface area contributed by atoms with Crippen LogP contribution >= 0.6 is 0 Å². The van der Waals surface area contributed by atoms with E-state index < -0.39 is 6.04 Å². The van der Waals surface area contributed by atoms with Gasteiger partial charge in [-0.15, -0.1) is 0 Å². The van der Waals surface area contributed by atoms with Gasteiger partial charge in [-0.3, -0.25) is 9.48 Å². The molecule has 9 heteroatoms. The van der Waals surface area contributed by atoms with Crippen LogP contribution in [0.25, 0.3) is 11.3 Å². The van der Waals surface area contributed by atoms with Crippen LogP contribution in [0.3, 0.4) is 0 Å². The van der Waals surface area contributed by atoms with Crippen molar-refractivity contribution in [2.45, 2.75) is 31.8 Å². The highest BCUT2D eigenvalue weighted by Gasteiger charge is 2.24. The highest BCUT2D eigenvalue weighted by Crippen LogP contribution is 2.34. The molecule has 1 saturated carbocycles. The number of nitrogens with zero attached hydrogens (tertiary/aromatic N) is 5. The summed E-state index contributed by atoms with van der Waals surface area (Å²) < 4.78 is 6.89. The lowest BCUT2D eigenvalue weighted by atomic mass is 10.1. The molecule has 0 aliphatic heterocycles. The van der Waals surface area contributed by atoms with Crippen molar-refractivity contribution in [1.82, 2.24) is 25.1 Å². The molecule has 3 aromatic rings. The van der Waals surface area contributed by atoms with Gasteiger partial charge in [-0.05, 0) is 37.5 Å². The molecule has 2 heterocycles. The fourth-order valence-electron chi connectivity index (χ4n) is 3.16. The maximum absolute atomic E-state index is 12.4. The van der Waals surface area contributed by atoms with E-state index in [0.717, 1.165) is 22.5 Å². The number of nitrogens with one attached hydrogen (secondary N) is 2. The highest BCUT2D eigenvalue weighted by molar-refractivity contribution is 5.95. The first-order valence-corrected chi connectivity index (χ1v) is 10.0. The maximum atomic E-state index is 12.4. The van der Waals surface area contributed by atoms with Crippen LogP contribution in [0.2, 0.25) is 0 Å². The van der Waals surface area contributed by atoms with Gasteiger partial charge in [0.1, 0.15) is 6.04 Å². The van der Waals surface area contributed by atoms with Crippen molar-refractivity contribution in [3.8, 4) is 17.3 Å². The Labute approximate surface area is 180 Å². The monoisotopic (exact) mass is 417 g/mol. The third-order valence-electron chi connectivity index (χ3n) is 4.97. The lowest BCUT2D eigenvalue weighted by molar-refractivity contribution is 0.0918. The summed E-state index contributed by atoms with van der Waals surface area (Å²) in [6.45, 7) is 2.07. The normalized spacial score (nSPS) is 14.0. The molecular weight excluding hydrogens is 394 g/mol. The predicted molar refractivity (Wildman–Crippen MR) is 115 cm³/mol. The van der Waals surface area contributed by atoms with Crippen LogP contribution in [0.5, 0.6) is 0 Å². The van der Waals surface area contributed by atoms with E-state index in [1.54, 1.807) is 24.5 Å². The number of hydrogen-bond acceptors (Lipinski definition) is 7. The molecule has 0 spiro atoms. The zero-order valence-corrected chi connectivity index (χ0v) is 17.4. The number of nitriles is 1. The van der Waals surface area contributed by atoms with Crippen molar-refractivity contribution in [1.29, 1.82) is 5.26 Å². The minimum absolute atomic E-state index is 0.135. The zero-order chi connectivity index (χ0) is 21.8. The quantitative estimate of drug-likeness (QED) is 0.578. The number of methoxy groups -OCH3 is 1. The summed E-state index contributed by atoms with van der Waals surface area (Å²) in [6.07, 6.45) is 7.84. The van der Waals surface area contributed by atoms with Crippen molar-refractivity contribution < 1.29 is 9.53 Å². The number of carbonyl (C=O) groups excluding carboxylic acids is 1. The number of anilines is 2. The van der Waals surface area contributed by atoms with Gasteiger partial charge in [0.25, 0.3) is 5.91 Å². The summed E-state index contributed by atoms with van der Waals surface area (Å²) in [6, 6.07) is 8.89. The molecule has 1 fully saturated rings. The second-order valence-corrected chi connectivity index (χ2v) is 7.48. The Hall–Kier alpha value is -3.77. The van der Waals surface area contributed by atoms with E-state index in [-0.39, 0.29) is 12.5 Å². The van der Waals surface area contributed by atoms with E-state index in [1.807, 2.05) is 36.0 Å². The molecule has 2 N–H and O–H groups in total. The van der Waals surface area contributed by atoms with Crippen LogP contribution in [0, 0.1) is 18.3 Å². The van der Waals surface area contributed by atoms with Crippen molar-refractivity contribution in [3.05, 3.63) is 54.0 Å². The molecule has 1 aromatic carbocycles. The van der Waals surface area contributed by atoms with Crippen LogP contribution in [-0.2, 0) is 4.74 Å². The maximum Gasteiger partial charge on any atom is 0.252 e. The first kappa shape index (κ1) is 20.5. The minimum Gasteiger partial charge on any atom is -0.381 e. The first-order valence-electron chi connectivity index (χ1n) is 10.0. The summed E-state index contributed by atoms with van der Waals surface area (Å²) in [5.74, 6) is 0.152. The summed E-state index contributed by atoms with van der Waals surface area (Å²) in [5, 5.41) is 19.3. The Bertz CT molecular complexity index is 1110. The summed E-state index contributed by atoms with van der Waals surface area (Å²) in [7, 11) is 1.48. The number of aromatic nitrogens is 4. The molecular formula is C22H23N7O2. The molecule has 9 nitrogen and oxygen atoms in total. The Morgan fingerprint density at radius 2 is 2.10 bits per heavy atom. The molecule has 1 unspecified atom stereocenters. The number of ether oxygens (including phenoxy) is 1. The third-order valence-corrected chi connectivity index (χ3v) is 4.97. The highest BCUT2D eigenvalue weighted by atomic mass is 16.5. The Kier molecular flexibility index (Phi) is 5.91. The zero-order valence-electron chi connectivity index (χ0n) is 17.4. The van der Waals surface area contributed by atoms with Crippen molar-refractivity contribution >= 4 is 17.5 Å². The average Bonchev–Trinajstić information content (AvgIpc) is 3.53. The van der Waals surface area contributed by atoms with Crippen molar-refractivity contribution in [3.63, 3.8) is 0 Å². The number of hydrogen-bond donors (Lipinski definition) is 2. The van der Waals surface area contributed by atoms with E-state index in [4.69, 9.17) is 10.00 Å². The van der Waals surface area contributed by atoms with Crippen molar-refractivity contribution in [2.24, 2.45) is 0 Å². The Morgan fingerprint density at radius 1 is 1.32 bits per heavy atom. The molecule has 1 atom stereocenters. The van der Waals surface area contributed by atoms with Crippen LogP contribution < -0.4 is 10.6 Å². The topological polar surface area (TPSA) is 118 Å². The molecule has 4 rings (SSSR count). The van der Waals surface area contributed by atoms with Gasteiger partial charge < -0.3 is 15.4 Å². The lowest BCUT2D eigenvalue weighted by Gasteiger charge is -2.11. The van der Waals surface area contributed by atoms with E-state index in [2.05, 4.69) is 25.7 Å². The third kappa shape index (κ3) is 4.87. The molecule has 31 heavy (non-hydrogen) atoms. The number of amides is 1. The van der Waals surface area contributed by atoms with Gasteiger partial charge in [0.2, 0.25) is 5.95 Å². The van der Waals surface area contributed by atoms with E-state index in [9.17, 15) is 4.79 Å². The molecule has 1 aliphatic carbocycles. The fraction of sp³-hybridized carbons (Fsp3) is 0.318. The molecule has 0 saturated heterocycles. The second-order valence-electron chi connectivity index (χ2n) is 7.48. The molecule has 0 radical (unpaired) electrons. The molecule has 158 valence electrons. The van der Waals surface area contributed by atoms with Gasteiger partial charge in [-0.2, -0.15) is 10.4 Å². The number of benzene rings is 1. The summed E-state index contributed by atoms with van der Waals surface area (Å²) >= 11 is 0. The SMILES string of the molecule is COCC(C#N)NC(=O)c1ccc(-c2nc(Nc3cnn(C4CC4)c3)ncc2C)cc1. The van der Waals surface area contributed by atoms with Gasteiger partial charge >= 0.3 is 0 Å². The number of rotatable bonds is 8. The minimum atomic E-state index is -0.695. The number of aryl methyl sites for hydroxylation is 1. The van der Waals surface area contributed by atoms with Gasteiger partial charge in [0.05, 0.1) is 36.3 Å². The van der Waals surface area contributed by atoms with Gasteiger partial charge in [-0.1, -0.05) is 12.1 Å².